The van der Waals surface area contributed by atoms with Gasteiger partial charge in [0.2, 0.25) is 0 Å². The summed E-state index contributed by atoms with van der Waals surface area (Å²) in [6, 6.07) is 6.95. The van der Waals surface area contributed by atoms with Gasteiger partial charge < -0.3 is 9.47 Å². The minimum Gasteiger partial charge on any atom is -0.468 e. The van der Waals surface area contributed by atoms with E-state index in [1.165, 1.54) is 7.11 Å². The van der Waals surface area contributed by atoms with Gasteiger partial charge in [-0.25, -0.2) is 0 Å². The second kappa shape index (κ2) is 8.64. The third kappa shape index (κ3) is 6.11. The molecule has 1 aromatic carbocycles. The van der Waals surface area contributed by atoms with Crippen LogP contribution in [0.25, 0.3) is 0 Å². The highest BCUT2D eigenvalue weighted by molar-refractivity contribution is 14.1. The lowest BCUT2D eigenvalue weighted by Crippen LogP contribution is -2.31. The van der Waals surface area contributed by atoms with Crippen molar-refractivity contribution in [2.75, 3.05) is 26.8 Å². The normalized spacial score (nSPS) is 9.90. The first-order chi connectivity index (χ1) is 9.52. The molecule has 0 bridgehead atoms. The molecule has 0 aliphatic carbocycles. The van der Waals surface area contributed by atoms with Gasteiger partial charge >= 0.3 is 11.9 Å². The second-order valence-corrected chi connectivity index (χ2v) is 5.02. The largest absolute Gasteiger partial charge is 0.468 e. The highest BCUT2D eigenvalue weighted by Crippen LogP contribution is 2.07. The van der Waals surface area contributed by atoms with E-state index in [1.54, 1.807) is 24.3 Å². The number of hydrogen-bond acceptors (Lipinski definition) is 6. The van der Waals surface area contributed by atoms with Gasteiger partial charge in [0.1, 0.15) is 0 Å². The fourth-order valence-corrected chi connectivity index (χ4v) is 1.61. The van der Waals surface area contributed by atoms with E-state index in [0.29, 0.717) is 5.56 Å². The molecule has 0 amide bonds. The summed E-state index contributed by atoms with van der Waals surface area (Å²) in [6.07, 6.45) is 0. The third-order valence-electron chi connectivity index (χ3n) is 2.30. The van der Waals surface area contributed by atoms with Gasteiger partial charge in [0.25, 0.3) is 0 Å². The minimum absolute atomic E-state index is 0.0866. The minimum atomic E-state index is -0.604. The predicted molar refractivity (Wildman–Crippen MR) is 79.3 cm³/mol. The number of ketones is 1. The molecule has 1 N–H and O–H groups in total. The maximum absolute atomic E-state index is 11.7. The Morgan fingerprint density at radius 3 is 2.30 bits per heavy atom. The monoisotopic (exact) mass is 391 g/mol. The van der Waals surface area contributed by atoms with Crippen molar-refractivity contribution in [3.8, 4) is 0 Å². The number of halogens is 1. The lowest BCUT2D eigenvalue weighted by molar-refractivity contribution is -0.142. The van der Waals surface area contributed by atoms with Crippen molar-refractivity contribution in [3.63, 3.8) is 0 Å². The molecule has 0 saturated heterocycles. The van der Waals surface area contributed by atoms with Crippen LogP contribution in [0.1, 0.15) is 10.4 Å². The smallest absolute Gasteiger partial charge is 0.320 e. The van der Waals surface area contributed by atoms with Gasteiger partial charge in [0.05, 0.1) is 20.2 Å². The quantitative estimate of drug-likeness (QED) is 0.421. The van der Waals surface area contributed by atoms with Gasteiger partial charge in [-0.1, -0.05) is 12.1 Å². The molecule has 0 heterocycles. The van der Waals surface area contributed by atoms with Crippen LogP contribution in [0.3, 0.4) is 0 Å². The van der Waals surface area contributed by atoms with Crippen molar-refractivity contribution in [1.82, 2.24) is 5.32 Å². The zero-order chi connectivity index (χ0) is 15.0. The summed E-state index contributed by atoms with van der Waals surface area (Å²) in [5.74, 6) is -1.36. The van der Waals surface area contributed by atoms with Crippen molar-refractivity contribution in [2.45, 2.75) is 0 Å². The van der Waals surface area contributed by atoms with Gasteiger partial charge in [-0.05, 0) is 34.7 Å². The molecule has 1 aromatic rings. The molecule has 0 fully saturated rings. The van der Waals surface area contributed by atoms with Crippen molar-refractivity contribution in [1.29, 1.82) is 0 Å². The van der Waals surface area contributed by atoms with Crippen molar-refractivity contribution >= 4 is 40.3 Å². The molecule has 0 aromatic heterocycles. The molecular formula is C13H14INO5. The number of carbonyl (C=O) groups excluding carboxylic acids is 3. The van der Waals surface area contributed by atoms with Gasteiger partial charge in [0, 0.05) is 9.13 Å². The number of carbonyl (C=O) groups is 3. The predicted octanol–water partition coefficient (Wildman–Crippen LogP) is 0.780. The number of rotatable bonds is 7. The van der Waals surface area contributed by atoms with E-state index in [9.17, 15) is 14.4 Å². The summed E-state index contributed by atoms with van der Waals surface area (Å²) in [4.78, 5) is 33.8. The molecule has 6 nitrogen and oxygen atoms in total. The SMILES string of the molecule is COC(=O)CNCC(=O)OCC(=O)c1ccc(I)cc1. The molecule has 0 aliphatic heterocycles. The fourth-order valence-electron chi connectivity index (χ4n) is 1.25. The first kappa shape index (κ1) is 16.6. The van der Waals surface area contributed by atoms with Crippen molar-refractivity contribution < 1.29 is 23.9 Å². The van der Waals surface area contributed by atoms with Gasteiger partial charge in [0.15, 0.2) is 12.4 Å². The maximum Gasteiger partial charge on any atom is 0.320 e. The van der Waals surface area contributed by atoms with Gasteiger partial charge in [-0.2, -0.15) is 0 Å². The molecule has 0 atom stereocenters. The van der Waals surface area contributed by atoms with E-state index >= 15 is 0 Å². The Morgan fingerprint density at radius 1 is 1.10 bits per heavy atom. The second-order valence-electron chi connectivity index (χ2n) is 3.77. The first-order valence-corrected chi connectivity index (χ1v) is 6.82. The molecular weight excluding hydrogens is 377 g/mol. The summed E-state index contributed by atoms with van der Waals surface area (Å²) >= 11 is 2.13. The Kier molecular flexibility index (Phi) is 7.16. The number of benzene rings is 1. The number of ether oxygens (including phenoxy) is 2. The van der Waals surface area contributed by atoms with Crippen LogP contribution in [0.4, 0.5) is 0 Å². The van der Waals surface area contributed by atoms with Crippen LogP contribution in [0, 0.1) is 3.57 Å². The molecule has 7 heteroatoms. The van der Waals surface area contributed by atoms with Crippen LogP contribution in [0.15, 0.2) is 24.3 Å². The van der Waals surface area contributed by atoms with E-state index < -0.39 is 11.9 Å². The Labute approximate surface area is 130 Å². The van der Waals surface area contributed by atoms with Crippen LogP contribution in [0.5, 0.6) is 0 Å². The molecule has 20 heavy (non-hydrogen) atoms. The highest BCUT2D eigenvalue weighted by atomic mass is 127. The van der Waals surface area contributed by atoms with E-state index in [-0.39, 0.29) is 25.5 Å². The Morgan fingerprint density at radius 2 is 1.70 bits per heavy atom. The molecule has 0 saturated carbocycles. The average molecular weight is 391 g/mol. The van der Waals surface area contributed by atoms with E-state index in [2.05, 4.69) is 32.6 Å². The molecule has 1 rings (SSSR count). The van der Waals surface area contributed by atoms with Crippen LogP contribution < -0.4 is 5.32 Å². The molecule has 0 radical (unpaired) electrons. The molecule has 0 spiro atoms. The third-order valence-corrected chi connectivity index (χ3v) is 3.02. The van der Waals surface area contributed by atoms with Crippen LogP contribution in [0.2, 0.25) is 0 Å². The summed E-state index contributed by atoms with van der Waals surface area (Å²) in [5, 5.41) is 2.55. The van der Waals surface area contributed by atoms with Crippen molar-refractivity contribution in [2.24, 2.45) is 0 Å². The zero-order valence-electron chi connectivity index (χ0n) is 10.8. The van der Waals surface area contributed by atoms with Gasteiger partial charge in [-0.15, -0.1) is 0 Å². The summed E-state index contributed by atoms with van der Waals surface area (Å²) < 4.78 is 10.2. The number of nitrogens with one attached hydrogen (secondary N) is 1. The van der Waals surface area contributed by atoms with E-state index in [4.69, 9.17) is 4.74 Å². The van der Waals surface area contributed by atoms with E-state index in [0.717, 1.165) is 3.57 Å². The molecule has 0 aliphatic rings. The molecule has 0 unspecified atom stereocenters. The summed E-state index contributed by atoms with van der Waals surface area (Å²) in [6.45, 7) is -0.564. The number of hydrogen-bond donors (Lipinski definition) is 1. The van der Waals surface area contributed by atoms with Crippen LogP contribution in [-0.4, -0.2) is 44.5 Å². The van der Waals surface area contributed by atoms with E-state index in [1.807, 2.05) is 0 Å². The lowest BCUT2D eigenvalue weighted by atomic mass is 10.1. The lowest BCUT2D eigenvalue weighted by Gasteiger charge is -2.05. The standard InChI is InChI=1S/C13H14INO5/c1-19-12(17)6-15-7-13(18)20-8-11(16)9-2-4-10(14)5-3-9/h2-5,15H,6-8H2,1H3. The Balaban J connectivity index is 2.28. The summed E-state index contributed by atoms with van der Waals surface area (Å²) in [5.41, 5.74) is 0.487. The summed E-state index contributed by atoms with van der Waals surface area (Å²) in [7, 11) is 1.25. The average Bonchev–Trinajstić information content (AvgIpc) is 2.45. The zero-order valence-corrected chi connectivity index (χ0v) is 13.0. The number of Topliss-reactive ketones (excluding diaryl/α,β-unsaturated/α-hetero) is 1. The number of esters is 2. The Hall–Kier alpha value is -1.48. The Bertz CT molecular complexity index is 486. The topological polar surface area (TPSA) is 81.7 Å². The van der Waals surface area contributed by atoms with Gasteiger partial charge in [-0.3, -0.25) is 19.7 Å². The van der Waals surface area contributed by atoms with Crippen molar-refractivity contribution in [3.05, 3.63) is 33.4 Å². The van der Waals surface area contributed by atoms with Crippen LogP contribution in [-0.2, 0) is 19.1 Å². The first-order valence-electron chi connectivity index (χ1n) is 5.75. The number of methoxy groups -OCH3 is 1. The van der Waals surface area contributed by atoms with Crippen LogP contribution >= 0.6 is 22.6 Å². The fraction of sp³-hybridized carbons (Fsp3) is 0.308. The molecule has 108 valence electrons. The highest BCUT2D eigenvalue weighted by Gasteiger charge is 2.10. The maximum atomic E-state index is 11.7.